The fourth-order valence-corrected chi connectivity index (χ4v) is 2.66. The third-order valence-corrected chi connectivity index (χ3v) is 3.53. The zero-order valence-electron chi connectivity index (χ0n) is 9.39. The Morgan fingerprint density at radius 2 is 2.62 bits per heavy atom. The number of ether oxygens (including phenoxy) is 1. The van der Waals surface area contributed by atoms with Gasteiger partial charge in [0.1, 0.15) is 6.04 Å². The fourth-order valence-electron chi connectivity index (χ4n) is 2.04. The standard InChI is InChI=1S/C11H16N2O2S/c1-2-15-11(14)10-4-3-5-13(10)7-9-6-12-8-16-9/h6,8,10H,2-5,7H2,1H3. The third kappa shape index (κ3) is 2.59. The molecule has 1 aliphatic heterocycles. The Labute approximate surface area is 99.2 Å². The maximum absolute atomic E-state index is 11.7. The smallest absolute Gasteiger partial charge is 0.323 e. The zero-order valence-corrected chi connectivity index (χ0v) is 10.2. The highest BCUT2D eigenvalue weighted by Gasteiger charge is 2.31. The number of nitrogens with zero attached hydrogens (tertiary/aromatic N) is 2. The van der Waals surface area contributed by atoms with Crippen molar-refractivity contribution in [1.82, 2.24) is 9.88 Å². The van der Waals surface area contributed by atoms with Gasteiger partial charge in [-0.05, 0) is 26.3 Å². The van der Waals surface area contributed by atoms with E-state index in [1.807, 2.05) is 18.6 Å². The number of aromatic nitrogens is 1. The predicted molar refractivity (Wildman–Crippen MR) is 62.2 cm³/mol. The Bertz CT molecular complexity index is 340. The topological polar surface area (TPSA) is 42.4 Å². The van der Waals surface area contributed by atoms with Crippen molar-refractivity contribution in [2.24, 2.45) is 0 Å². The molecule has 16 heavy (non-hydrogen) atoms. The normalized spacial score (nSPS) is 21.2. The molecule has 0 spiro atoms. The van der Waals surface area contributed by atoms with Gasteiger partial charge in [0.15, 0.2) is 0 Å². The van der Waals surface area contributed by atoms with Crippen LogP contribution in [0.15, 0.2) is 11.7 Å². The van der Waals surface area contributed by atoms with Crippen molar-refractivity contribution in [1.29, 1.82) is 0 Å². The van der Waals surface area contributed by atoms with Gasteiger partial charge in [-0.3, -0.25) is 14.7 Å². The van der Waals surface area contributed by atoms with Crippen LogP contribution in [0.25, 0.3) is 0 Å². The molecule has 2 heterocycles. The lowest BCUT2D eigenvalue weighted by Gasteiger charge is -2.21. The molecule has 1 unspecified atom stereocenters. The summed E-state index contributed by atoms with van der Waals surface area (Å²) in [7, 11) is 0. The summed E-state index contributed by atoms with van der Waals surface area (Å²) in [6.07, 6.45) is 3.85. The number of carbonyl (C=O) groups excluding carboxylic acids is 1. The van der Waals surface area contributed by atoms with Crippen molar-refractivity contribution in [3.05, 3.63) is 16.6 Å². The monoisotopic (exact) mass is 240 g/mol. The van der Waals surface area contributed by atoms with Gasteiger partial charge in [0.05, 0.1) is 12.1 Å². The summed E-state index contributed by atoms with van der Waals surface area (Å²) in [5.41, 5.74) is 1.82. The number of hydrogen-bond donors (Lipinski definition) is 0. The molecule has 0 saturated carbocycles. The molecule has 0 bridgehead atoms. The molecule has 1 aliphatic rings. The summed E-state index contributed by atoms with van der Waals surface area (Å²) in [4.78, 5) is 19.1. The average molecular weight is 240 g/mol. The second kappa shape index (κ2) is 5.41. The number of carbonyl (C=O) groups is 1. The van der Waals surface area contributed by atoms with E-state index in [2.05, 4.69) is 9.88 Å². The molecule has 0 amide bonds. The van der Waals surface area contributed by atoms with E-state index in [9.17, 15) is 4.79 Å². The predicted octanol–water partition coefficient (Wildman–Crippen LogP) is 1.67. The van der Waals surface area contributed by atoms with Crippen molar-refractivity contribution < 1.29 is 9.53 Å². The highest BCUT2D eigenvalue weighted by molar-refractivity contribution is 7.09. The Morgan fingerprint density at radius 3 is 3.31 bits per heavy atom. The lowest BCUT2D eigenvalue weighted by Crippen LogP contribution is -2.36. The quantitative estimate of drug-likeness (QED) is 0.751. The van der Waals surface area contributed by atoms with E-state index in [1.54, 1.807) is 11.3 Å². The minimum atomic E-state index is -0.0792. The first kappa shape index (κ1) is 11.5. The highest BCUT2D eigenvalue weighted by Crippen LogP contribution is 2.22. The van der Waals surface area contributed by atoms with Crippen LogP contribution in [0.4, 0.5) is 0 Å². The van der Waals surface area contributed by atoms with Gasteiger partial charge < -0.3 is 4.74 Å². The highest BCUT2D eigenvalue weighted by atomic mass is 32.1. The Kier molecular flexibility index (Phi) is 3.90. The first-order valence-corrected chi connectivity index (χ1v) is 6.47. The SMILES string of the molecule is CCOC(=O)C1CCCN1Cc1cncs1. The molecule has 4 nitrogen and oxygen atoms in total. The number of esters is 1. The molecule has 0 aromatic carbocycles. The number of thiazole rings is 1. The van der Waals surface area contributed by atoms with Gasteiger partial charge in [0, 0.05) is 17.6 Å². The lowest BCUT2D eigenvalue weighted by atomic mass is 10.2. The van der Waals surface area contributed by atoms with Crippen LogP contribution in [-0.2, 0) is 16.1 Å². The molecule has 1 fully saturated rings. The second-order valence-electron chi connectivity index (χ2n) is 3.85. The molecule has 0 N–H and O–H groups in total. The molecule has 0 radical (unpaired) electrons. The molecule has 88 valence electrons. The minimum Gasteiger partial charge on any atom is -0.465 e. The summed E-state index contributed by atoms with van der Waals surface area (Å²) in [6.45, 7) is 4.10. The molecule has 2 rings (SSSR count). The largest absolute Gasteiger partial charge is 0.465 e. The summed E-state index contributed by atoms with van der Waals surface area (Å²) >= 11 is 1.63. The number of likely N-dealkylation sites (tertiary alicyclic amines) is 1. The fraction of sp³-hybridized carbons (Fsp3) is 0.636. The molecular formula is C11H16N2O2S. The maximum atomic E-state index is 11.7. The van der Waals surface area contributed by atoms with Crippen molar-refractivity contribution in [3.63, 3.8) is 0 Å². The zero-order chi connectivity index (χ0) is 11.4. The van der Waals surface area contributed by atoms with E-state index >= 15 is 0 Å². The average Bonchev–Trinajstić information content (AvgIpc) is 2.90. The van der Waals surface area contributed by atoms with Crippen molar-refractivity contribution in [2.45, 2.75) is 32.4 Å². The lowest BCUT2D eigenvalue weighted by molar-refractivity contribution is -0.148. The van der Waals surface area contributed by atoms with E-state index in [0.29, 0.717) is 6.61 Å². The second-order valence-corrected chi connectivity index (χ2v) is 4.82. The van der Waals surface area contributed by atoms with Crippen LogP contribution in [0, 0.1) is 0 Å². The maximum Gasteiger partial charge on any atom is 0.323 e. The van der Waals surface area contributed by atoms with Gasteiger partial charge in [0.25, 0.3) is 0 Å². The van der Waals surface area contributed by atoms with E-state index in [-0.39, 0.29) is 12.0 Å². The number of hydrogen-bond acceptors (Lipinski definition) is 5. The van der Waals surface area contributed by atoms with Crippen molar-refractivity contribution >= 4 is 17.3 Å². The van der Waals surface area contributed by atoms with E-state index in [4.69, 9.17) is 4.74 Å². The van der Waals surface area contributed by atoms with Crippen LogP contribution >= 0.6 is 11.3 Å². The van der Waals surface area contributed by atoms with Gasteiger partial charge in [-0.1, -0.05) is 0 Å². The van der Waals surface area contributed by atoms with Crippen LogP contribution in [-0.4, -0.2) is 35.0 Å². The van der Waals surface area contributed by atoms with Crippen LogP contribution in [0.1, 0.15) is 24.6 Å². The first-order chi connectivity index (χ1) is 7.81. The van der Waals surface area contributed by atoms with E-state index in [0.717, 1.165) is 25.9 Å². The van der Waals surface area contributed by atoms with Gasteiger partial charge >= 0.3 is 5.97 Å². The van der Waals surface area contributed by atoms with E-state index in [1.165, 1.54) is 4.88 Å². The molecular weight excluding hydrogens is 224 g/mol. The molecule has 5 heteroatoms. The summed E-state index contributed by atoms with van der Waals surface area (Å²) in [6, 6.07) is -0.0537. The summed E-state index contributed by atoms with van der Waals surface area (Å²) in [5, 5.41) is 0. The molecule has 1 aromatic heterocycles. The molecule has 0 aliphatic carbocycles. The van der Waals surface area contributed by atoms with E-state index < -0.39 is 0 Å². The van der Waals surface area contributed by atoms with Crippen molar-refractivity contribution in [3.8, 4) is 0 Å². The number of rotatable bonds is 4. The minimum absolute atomic E-state index is 0.0537. The first-order valence-electron chi connectivity index (χ1n) is 5.59. The summed E-state index contributed by atoms with van der Waals surface area (Å²) < 4.78 is 5.08. The molecule has 1 saturated heterocycles. The van der Waals surface area contributed by atoms with Gasteiger partial charge in [0.2, 0.25) is 0 Å². The van der Waals surface area contributed by atoms with Gasteiger partial charge in [-0.15, -0.1) is 11.3 Å². The van der Waals surface area contributed by atoms with Crippen LogP contribution < -0.4 is 0 Å². The molecule has 1 aromatic rings. The Balaban J connectivity index is 1.95. The Morgan fingerprint density at radius 1 is 1.75 bits per heavy atom. The van der Waals surface area contributed by atoms with Gasteiger partial charge in [-0.2, -0.15) is 0 Å². The van der Waals surface area contributed by atoms with Gasteiger partial charge in [-0.25, -0.2) is 0 Å². The Hall–Kier alpha value is -0.940. The molecule has 1 atom stereocenters. The van der Waals surface area contributed by atoms with Crippen LogP contribution in [0.5, 0.6) is 0 Å². The third-order valence-electron chi connectivity index (χ3n) is 2.76. The van der Waals surface area contributed by atoms with Crippen LogP contribution in [0.3, 0.4) is 0 Å². The van der Waals surface area contributed by atoms with Crippen LogP contribution in [0.2, 0.25) is 0 Å². The van der Waals surface area contributed by atoms with Crippen molar-refractivity contribution in [2.75, 3.05) is 13.2 Å². The summed E-state index contributed by atoms with van der Waals surface area (Å²) in [5.74, 6) is -0.0792.